The van der Waals surface area contributed by atoms with Gasteiger partial charge in [-0.2, -0.15) is 10.4 Å². The number of hydrogen-bond acceptors (Lipinski definition) is 14. The van der Waals surface area contributed by atoms with Gasteiger partial charge in [0, 0.05) is 89.4 Å². The van der Waals surface area contributed by atoms with Crippen LogP contribution in [0, 0.1) is 17.2 Å². The Hall–Kier alpha value is -5.99. The fourth-order valence-corrected chi connectivity index (χ4v) is 9.27. The van der Waals surface area contributed by atoms with Gasteiger partial charge in [0.2, 0.25) is 22.9 Å². The molecule has 0 aromatic carbocycles. The number of carbonyl (C=O) groups excluding carboxylic acids is 3. The van der Waals surface area contributed by atoms with E-state index in [4.69, 9.17) is 9.72 Å². The quantitative estimate of drug-likeness (QED) is 0.202. The molecule has 298 valence electrons. The third-order valence-electron chi connectivity index (χ3n) is 11.7. The van der Waals surface area contributed by atoms with Crippen LogP contribution in [-0.4, -0.2) is 111 Å². The second kappa shape index (κ2) is 16.5. The first-order valence-corrected chi connectivity index (χ1v) is 20.8. The molecule has 0 radical (unpaired) electrons. The molecule has 4 aliphatic rings. The summed E-state index contributed by atoms with van der Waals surface area (Å²) in [6.07, 6.45) is 10.2. The van der Waals surface area contributed by atoms with Crippen molar-refractivity contribution in [2.75, 3.05) is 67.6 Å². The fraction of sp³-hybridized carbons (Fsp3) is 0.439. The number of rotatable bonds is 9. The Morgan fingerprint density at radius 1 is 0.914 bits per heavy atom. The summed E-state index contributed by atoms with van der Waals surface area (Å²) in [5.74, 6) is 0.582. The number of imide groups is 1. The minimum atomic E-state index is -0.342. The minimum absolute atomic E-state index is 0.203. The maximum absolute atomic E-state index is 13.5. The van der Waals surface area contributed by atoms with Crippen LogP contribution in [0.25, 0.3) is 27.5 Å². The molecular weight excluding hydrogens is 757 g/mol. The van der Waals surface area contributed by atoms with Crippen LogP contribution in [0.15, 0.2) is 55.0 Å². The molecule has 3 amide bonds. The van der Waals surface area contributed by atoms with Crippen LogP contribution in [0.4, 0.5) is 16.6 Å². The summed E-state index contributed by atoms with van der Waals surface area (Å²) in [5, 5.41) is 30.8. The number of carbonyl (C=O) groups is 3. The van der Waals surface area contributed by atoms with E-state index in [2.05, 4.69) is 46.8 Å². The van der Waals surface area contributed by atoms with Gasteiger partial charge in [0.25, 0.3) is 0 Å². The highest BCUT2D eigenvalue weighted by molar-refractivity contribution is 7.18. The maximum atomic E-state index is 13.5. The monoisotopic (exact) mass is 800 g/mol. The zero-order chi connectivity index (χ0) is 39.6. The lowest BCUT2D eigenvalue weighted by atomic mass is 9.91. The number of nitriles is 1. The van der Waals surface area contributed by atoms with Crippen molar-refractivity contribution >= 4 is 51.2 Å². The smallest absolute Gasteiger partial charge is 0.234 e. The van der Waals surface area contributed by atoms with Gasteiger partial charge in [0.05, 0.1) is 40.1 Å². The summed E-state index contributed by atoms with van der Waals surface area (Å²) in [5.41, 5.74) is 5.52. The summed E-state index contributed by atoms with van der Waals surface area (Å²) >= 11 is 1.53. The predicted molar refractivity (Wildman–Crippen MR) is 217 cm³/mol. The molecule has 0 aliphatic carbocycles. The second-order valence-corrected chi connectivity index (χ2v) is 16.4. The summed E-state index contributed by atoms with van der Waals surface area (Å²) in [6.45, 7) is 5.71. The molecule has 4 fully saturated rings. The molecule has 4 saturated heterocycles. The van der Waals surface area contributed by atoms with Crippen molar-refractivity contribution in [3.05, 3.63) is 66.1 Å². The largest absolute Gasteiger partial charge is 0.381 e. The summed E-state index contributed by atoms with van der Waals surface area (Å²) < 4.78 is 7.41. The molecule has 17 heteroatoms. The number of aromatic nitrogens is 6. The standard InChI is InChI=1S/C41H44N12O4S/c42-22-27-19-30-2-4-35(53(30)45-23-27)34-21-33(46-29-9-17-57-18-10-29)32(25-43-34)40-48-49-41(58-40)52-15-13-51(14-16-52)38(55)20-26-7-11-50(12-8-26)36-5-1-28(24-44-36)31-3-6-37(54)47-39(31)56/h1-2,4-5,19,21,23-26,29,31H,3,6-18,20H2,(H,43,46)(H,47,54,56)/t31-/m1/s1. The van der Waals surface area contributed by atoms with Crippen molar-refractivity contribution < 1.29 is 19.1 Å². The SMILES string of the molecule is N#Cc1cnn2c(-c3cc(NC4CCOCC4)c(-c4nnc(N5CCN(C(=O)CC6CCN(c7ccc([C@H]8CCC(=O)NC8=O)cn7)CC6)CC5)s4)cn3)ccc2c1. The van der Waals surface area contributed by atoms with Gasteiger partial charge in [-0.25, -0.2) is 9.50 Å². The molecular formula is C41H44N12O4S. The van der Waals surface area contributed by atoms with Crippen LogP contribution in [0.1, 0.15) is 62.0 Å². The summed E-state index contributed by atoms with van der Waals surface area (Å²) in [7, 11) is 0. The Balaban J connectivity index is 0.801. The van der Waals surface area contributed by atoms with Gasteiger partial charge in [0.1, 0.15) is 11.9 Å². The van der Waals surface area contributed by atoms with Gasteiger partial charge >= 0.3 is 0 Å². The molecule has 5 aromatic rings. The Morgan fingerprint density at radius 2 is 1.74 bits per heavy atom. The number of pyridine rings is 2. The van der Waals surface area contributed by atoms with E-state index in [-0.39, 0.29) is 29.7 Å². The highest BCUT2D eigenvalue weighted by atomic mass is 32.1. The zero-order valence-electron chi connectivity index (χ0n) is 32.0. The highest BCUT2D eigenvalue weighted by Crippen LogP contribution is 2.37. The number of anilines is 3. The molecule has 1 atom stereocenters. The van der Waals surface area contributed by atoms with Gasteiger partial charge in [-0.1, -0.05) is 17.4 Å². The second-order valence-electron chi connectivity index (χ2n) is 15.4. The molecule has 0 bridgehead atoms. The number of nitrogens with one attached hydrogen (secondary N) is 2. The molecule has 9 heterocycles. The zero-order valence-corrected chi connectivity index (χ0v) is 32.9. The van der Waals surface area contributed by atoms with Crippen LogP contribution in [-0.2, 0) is 19.1 Å². The highest BCUT2D eigenvalue weighted by Gasteiger charge is 2.30. The van der Waals surface area contributed by atoms with Gasteiger partial charge in [-0.15, -0.1) is 10.2 Å². The van der Waals surface area contributed by atoms with E-state index < -0.39 is 0 Å². The van der Waals surface area contributed by atoms with Gasteiger partial charge < -0.3 is 24.8 Å². The first-order chi connectivity index (χ1) is 28.4. The normalized spacial score (nSPS) is 19.6. The topological polar surface area (TPSA) is 187 Å². The molecule has 9 rings (SSSR count). The minimum Gasteiger partial charge on any atom is -0.381 e. The molecule has 58 heavy (non-hydrogen) atoms. The number of ether oxygens (including phenoxy) is 1. The van der Waals surface area contributed by atoms with Crippen LogP contribution >= 0.6 is 11.3 Å². The number of nitrogens with zero attached hydrogens (tertiary/aromatic N) is 10. The lowest BCUT2D eigenvalue weighted by Crippen LogP contribution is -2.49. The van der Waals surface area contributed by atoms with Crippen molar-refractivity contribution in [1.29, 1.82) is 5.26 Å². The molecule has 0 unspecified atom stereocenters. The maximum Gasteiger partial charge on any atom is 0.234 e. The number of amides is 3. The Labute approximate surface area is 339 Å². The Kier molecular flexibility index (Phi) is 10.7. The first kappa shape index (κ1) is 37.6. The Bertz CT molecular complexity index is 2350. The number of hydrogen-bond donors (Lipinski definition) is 2. The molecule has 0 spiro atoms. The third kappa shape index (κ3) is 7.94. The lowest BCUT2D eigenvalue weighted by molar-refractivity contribution is -0.134. The average molecular weight is 801 g/mol. The van der Waals surface area contributed by atoms with E-state index >= 15 is 0 Å². The van der Waals surface area contributed by atoms with E-state index in [0.717, 1.165) is 88.4 Å². The molecule has 5 aromatic heterocycles. The number of piperidine rings is 2. The average Bonchev–Trinajstić information content (AvgIpc) is 3.93. The van der Waals surface area contributed by atoms with E-state index in [1.54, 1.807) is 16.9 Å². The number of piperazine rings is 1. The van der Waals surface area contributed by atoms with Crippen LogP contribution in [0.2, 0.25) is 0 Å². The van der Waals surface area contributed by atoms with Crippen molar-refractivity contribution in [3.63, 3.8) is 0 Å². The van der Waals surface area contributed by atoms with Crippen molar-refractivity contribution in [1.82, 2.24) is 40.0 Å². The predicted octanol–water partition coefficient (Wildman–Crippen LogP) is 4.25. The van der Waals surface area contributed by atoms with Gasteiger partial charge in [-0.3, -0.25) is 24.7 Å². The van der Waals surface area contributed by atoms with Crippen LogP contribution in [0.3, 0.4) is 0 Å². The third-order valence-corrected chi connectivity index (χ3v) is 12.8. The van der Waals surface area contributed by atoms with E-state index in [9.17, 15) is 19.6 Å². The fourth-order valence-electron chi connectivity index (χ4n) is 8.35. The van der Waals surface area contributed by atoms with Gasteiger partial charge in [-0.05, 0) is 73.9 Å². The molecule has 2 N–H and O–H groups in total. The van der Waals surface area contributed by atoms with Crippen LogP contribution < -0.4 is 20.4 Å². The van der Waals surface area contributed by atoms with E-state index in [1.807, 2.05) is 47.5 Å². The Morgan fingerprint density at radius 3 is 2.50 bits per heavy atom. The summed E-state index contributed by atoms with van der Waals surface area (Å²) in [6, 6.07) is 14.1. The van der Waals surface area contributed by atoms with Gasteiger partial charge in [0.15, 0.2) is 5.01 Å². The van der Waals surface area contributed by atoms with Crippen molar-refractivity contribution in [2.45, 2.75) is 56.9 Å². The van der Waals surface area contributed by atoms with Crippen molar-refractivity contribution in [3.8, 4) is 28.0 Å². The first-order valence-electron chi connectivity index (χ1n) is 20.0. The van der Waals surface area contributed by atoms with Crippen LogP contribution in [0.5, 0.6) is 0 Å². The molecule has 4 aliphatic heterocycles. The number of fused-ring (bicyclic) bond motifs is 1. The van der Waals surface area contributed by atoms with E-state index in [1.165, 1.54) is 11.3 Å². The molecule has 0 saturated carbocycles. The summed E-state index contributed by atoms with van der Waals surface area (Å²) in [4.78, 5) is 53.2. The lowest BCUT2D eigenvalue weighted by Gasteiger charge is -2.36. The van der Waals surface area contributed by atoms with Crippen molar-refractivity contribution in [2.24, 2.45) is 5.92 Å². The molecule has 16 nitrogen and oxygen atoms in total. The van der Waals surface area contributed by atoms with E-state index in [0.29, 0.717) is 70.1 Å².